The van der Waals surface area contributed by atoms with E-state index in [1.165, 1.54) is 19.3 Å². The van der Waals surface area contributed by atoms with Gasteiger partial charge in [0, 0.05) is 11.8 Å². The van der Waals surface area contributed by atoms with Crippen LogP contribution in [0.3, 0.4) is 0 Å². The lowest BCUT2D eigenvalue weighted by molar-refractivity contribution is -0.117. The Kier molecular flexibility index (Phi) is 9.81. The molecule has 0 amide bonds. The van der Waals surface area contributed by atoms with Gasteiger partial charge in [-0.15, -0.1) is 0 Å². The number of allylic oxidation sites excluding steroid dienone is 5. The van der Waals surface area contributed by atoms with Crippen LogP contribution in [0.25, 0.3) is 0 Å². The fourth-order valence-corrected chi connectivity index (χ4v) is 2.76. The summed E-state index contributed by atoms with van der Waals surface area (Å²) < 4.78 is 0. The molecule has 1 aliphatic rings. The number of carbonyl (C=O) groups excluding carboxylic acids is 1. The summed E-state index contributed by atoms with van der Waals surface area (Å²) in [6.45, 7) is 4.35. The number of unbranched alkanes of at least 4 members (excludes halogenated alkanes) is 4. The Hall–Kier alpha value is -1.15. The number of ketones is 1. The van der Waals surface area contributed by atoms with E-state index in [4.69, 9.17) is 0 Å². The average Bonchev–Trinajstić information content (AvgIpc) is 2.86. The Bertz CT molecular complexity index is 393. The van der Waals surface area contributed by atoms with Crippen LogP contribution in [-0.4, -0.2) is 17.0 Å². The van der Waals surface area contributed by atoms with Crippen LogP contribution in [0.2, 0.25) is 0 Å². The zero-order valence-corrected chi connectivity index (χ0v) is 14.2. The number of aliphatic hydroxyl groups excluding tert-OH is 1. The molecule has 0 bridgehead atoms. The predicted molar refractivity (Wildman–Crippen MR) is 93.7 cm³/mol. The topological polar surface area (TPSA) is 37.3 Å². The van der Waals surface area contributed by atoms with E-state index in [-0.39, 0.29) is 23.7 Å². The van der Waals surface area contributed by atoms with Crippen LogP contribution >= 0.6 is 0 Å². The Morgan fingerprint density at radius 1 is 1.18 bits per heavy atom. The Morgan fingerprint density at radius 3 is 2.68 bits per heavy atom. The van der Waals surface area contributed by atoms with Gasteiger partial charge in [0.05, 0.1) is 6.10 Å². The second-order valence-electron chi connectivity index (χ2n) is 6.24. The zero-order valence-electron chi connectivity index (χ0n) is 14.2. The first-order valence-corrected chi connectivity index (χ1v) is 8.92. The van der Waals surface area contributed by atoms with Gasteiger partial charge < -0.3 is 5.11 Å². The lowest BCUT2D eigenvalue weighted by atomic mass is 9.90. The van der Waals surface area contributed by atoms with Gasteiger partial charge in [0.15, 0.2) is 5.78 Å². The summed E-state index contributed by atoms with van der Waals surface area (Å²) in [5, 5.41) is 9.95. The van der Waals surface area contributed by atoms with Crippen LogP contribution in [0.15, 0.2) is 36.5 Å². The summed E-state index contributed by atoms with van der Waals surface area (Å²) in [5.41, 5.74) is 0. The lowest BCUT2D eigenvalue weighted by Crippen LogP contribution is -2.14. The van der Waals surface area contributed by atoms with Gasteiger partial charge in [-0.1, -0.05) is 76.3 Å². The molecular weight excluding hydrogens is 272 g/mol. The van der Waals surface area contributed by atoms with Gasteiger partial charge >= 0.3 is 0 Å². The molecule has 0 fully saturated rings. The van der Waals surface area contributed by atoms with Crippen molar-refractivity contribution in [3.8, 4) is 0 Å². The molecule has 2 nitrogen and oxygen atoms in total. The second-order valence-corrected chi connectivity index (χ2v) is 6.24. The third-order valence-electron chi connectivity index (χ3n) is 4.25. The van der Waals surface area contributed by atoms with Gasteiger partial charge in [0.25, 0.3) is 0 Å². The van der Waals surface area contributed by atoms with Crippen LogP contribution < -0.4 is 0 Å². The molecule has 124 valence electrons. The Morgan fingerprint density at radius 2 is 1.95 bits per heavy atom. The molecular formula is C20H32O2. The molecule has 1 aliphatic carbocycles. The van der Waals surface area contributed by atoms with Gasteiger partial charge in [0.2, 0.25) is 0 Å². The maximum absolute atomic E-state index is 11.9. The molecule has 0 radical (unpaired) electrons. The molecule has 2 heteroatoms. The van der Waals surface area contributed by atoms with E-state index in [0.29, 0.717) is 0 Å². The SMILES string of the molecule is CCCC/C=C\C[C@H]1C(=O)C=C[C@@H]1/C=C/[C@@H](O)CCCCC. The van der Waals surface area contributed by atoms with E-state index in [9.17, 15) is 9.90 Å². The summed E-state index contributed by atoms with van der Waals surface area (Å²) in [6.07, 6.45) is 20.0. The van der Waals surface area contributed by atoms with E-state index in [0.717, 1.165) is 32.1 Å². The molecule has 3 atom stereocenters. The van der Waals surface area contributed by atoms with Gasteiger partial charge in [-0.25, -0.2) is 0 Å². The van der Waals surface area contributed by atoms with Crippen LogP contribution in [0.5, 0.6) is 0 Å². The smallest absolute Gasteiger partial charge is 0.159 e. The minimum atomic E-state index is -0.378. The van der Waals surface area contributed by atoms with Gasteiger partial charge in [-0.05, 0) is 25.3 Å². The molecule has 0 aromatic heterocycles. The molecule has 0 aliphatic heterocycles. The van der Waals surface area contributed by atoms with Gasteiger partial charge in [0.1, 0.15) is 0 Å². The predicted octanol–water partition coefficient (Wildman–Crippen LogP) is 4.99. The fourth-order valence-electron chi connectivity index (χ4n) is 2.76. The molecule has 0 aromatic carbocycles. The molecule has 22 heavy (non-hydrogen) atoms. The number of rotatable bonds is 11. The van der Waals surface area contributed by atoms with Crippen molar-refractivity contribution in [3.05, 3.63) is 36.5 Å². The maximum Gasteiger partial charge on any atom is 0.159 e. The van der Waals surface area contributed by atoms with Crippen molar-refractivity contribution < 1.29 is 9.90 Å². The van der Waals surface area contributed by atoms with E-state index < -0.39 is 0 Å². The highest BCUT2D eigenvalue weighted by atomic mass is 16.3. The van der Waals surface area contributed by atoms with E-state index >= 15 is 0 Å². The van der Waals surface area contributed by atoms with Crippen molar-refractivity contribution in [1.82, 2.24) is 0 Å². The normalized spacial score (nSPS) is 23.1. The first-order chi connectivity index (χ1) is 10.7. The number of hydrogen-bond acceptors (Lipinski definition) is 2. The lowest BCUT2D eigenvalue weighted by Gasteiger charge is -2.13. The molecule has 0 aromatic rings. The first-order valence-electron chi connectivity index (χ1n) is 8.92. The Balaban J connectivity index is 2.41. The van der Waals surface area contributed by atoms with Crippen LogP contribution in [0.1, 0.15) is 65.2 Å². The van der Waals surface area contributed by atoms with E-state index in [2.05, 4.69) is 26.0 Å². The summed E-state index contributed by atoms with van der Waals surface area (Å²) >= 11 is 0. The van der Waals surface area contributed by atoms with Gasteiger partial charge in [-0.3, -0.25) is 4.79 Å². The highest BCUT2D eigenvalue weighted by Crippen LogP contribution is 2.27. The van der Waals surface area contributed by atoms with Crippen molar-refractivity contribution >= 4 is 5.78 Å². The largest absolute Gasteiger partial charge is 0.389 e. The molecule has 0 saturated carbocycles. The van der Waals surface area contributed by atoms with Crippen molar-refractivity contribution in [3.63, 3.8) is 0 Å². The summed E-state index contributed by atoms with van der Waals surface area (Å²) in [7, 11) is 0. The highest BCUT2D eigenvalue weighted by Gasteiger charge is 2.27. The van der Waals surface area contributed by atoms with Gasteiger partial charge in [-0.2, -0.15) is 0 Å². The quantitative estimate of drug-likeness (QED) is 0.431. The number of aliphatic hydroxyl groups is 1. The van der Waals surface area contributed by atoms with Crippen molar-refractivity contribution in [2.75, 3.05) is 0 Å². The monoisotopic (exact) mass is 304 g/mol. The van der Waals surface area contributed by atoms with Crippen LogP contribution in [0, 0.1) is 11.8 Å². The summed E-state index contributed by atoms with van der Waals surface area (Å²) in [6, 6.07) is 0. The zero-order chi connectivity index (χ0) is 16.2. The van der Waals surface area contributed by atoms with Crippen molar-refractivity contribution in [2.24, 2.45) is 11.8 Å². The molecule has 0 heterocycles. The molecule has 0 unspecified atom stereocenters. The second kappa shape index (κ2) is 11.4. The third-order valence-corrected chi connectivity index (χ3v) is 4.25. The highest BCUT2D eigenvalue weighted by molar-refractivity contribution is 5.95. The summed E-state index contributed by atoms with van der Waals surface area (Å²) in [4.78, 5) is 11.9. The molecule has 0 saturated heterocycles. The van der Waals surface area contributed by atoms with E-state index in [1.807, 2.05) is 18.2 Å². The van der Waals surface area contributed by atoms with Crippen LogP contribution in [0.4, 0.5) is 0 Å². The summed E-state index contributed by atoms with van der Waals surface area (Å²) in [5.74, 6) is 0.386. The number of carbonyl (C=O) groups is 1. The minimum Gasteiger partial charge on any atom is -0.389 e. The molecule has 1 N–H and O–H groups in total. The Labute approximate surface area is 136 Å². The molecule has 1 rings (SSSR count). The standard InChI is InChI=1S/C20H32O2/c1-3-5-7-8-10-12-19-17(14-16-20(19)22)13-15-18(21)11-9-6-4-2/h8,10,13-19,21H,3-7,9,11-12H2,1-2H3/b10-8-,15-13+/t17-,18-,19+/m0/s1. The maximum atomic E-state index is 11.9. The van der Waals surface area contributed by atoms with Crippen molar-refractivity contribution in [2.45, 2.75) is 71.3 Å². The third kappa shape index (κ3) is 7.22. The van der Waals surface area contributed by atoms with Crippen molar-refractivity contribution in [1.29, 1.82) is 0 Å². The average molecular weight is 304 g/mol. The molecule has 0 spiro atoms. The number of hydrogen-bond donors (Lipinski definition) is 1. The van der Waals surface area contributed by atoms with E-state index in [1.54, 1.807) is 6.08 Å². The minimum absolute atomic E-state index is 0.0250. The fraction of sp³-hybridized carbons (Fsp3) is 0.650. The van der Waals surface area contributed by atoms with Crippen LogP contribution in [-0.2, 0) is 4.79 Å². The first kappa shape index (κ1) is 18.9.